The van der Waals surface area contributed by atoms with Crippen LogP contribution in [0.4, 0.5) is 11.4 Å². The Morgan fingerprint density at radius 2 is 1.82 bits per heavy atom. The number of benzene rings is 1. The fraction of sp³-hybridized carbons (Fsp3) is 0.136. The van der Waals surface area contributed by atoms with E-state index < -0.39 is 0 Å². The second-order valence-electron chi connectivity index (χ2n) is 6.62. The molecule has 0 amide bonds. The van der Waals surface area contributed by atoms with Gasteiger partial charge in [0.05, 0.1) is 12.2 Å². The van der Waals surface area contributed by atoms with Gasteiger partial charge in [0.1, 0.15) is 11.4 Å². The highest BCUT2D eigenvalue weighted by molar-refractivity contribution is 5.72. The van der Waals surface area contributed by atoms with Crippen LogP contribution in [0.1, 0.15) is 17.0 Å². The first-order valence-corrected chi connectivity index (χ1v) is 9.00. The molecule has 3 aromatic heterocycles. The fourth-order valence-corrected chi connectivity index (χ4v) is 3.25. The predicted molar refractivity (Wildman–Crippen MR) is 109 cm³/mol. The molecule has 0 aliphatic rings. The van der Waals surface area contributed by atoms with Gasteiger partial charge in [-0.05, 0) is 37.6 Å². The number of nitrogens with one attached hydrogen (secondary N) is 1. The van der Waals surface area contributed by atoms with Gasteiger partial charge < -0.3 is 14.4 Å². The maximum Gasteiger partial charge on any atom is 0.274 e. The summed E-state index contributed by atoms with van der Waals surface area (Å²) in [4.78, 5) is 17.1. The first kappa shape index (κ1) is 17.7. The molecule has 140 valence electrons. The summed E-state index contributed by atoms with van der Waals surface area (Å²) in [5, 5.41) is 7.27. The van der Waals surface area contributed by atoms with Gasteiger partial charge in [0.15, 0.2) is 0 Å². The number of hydrogen-bond acceptors (Lipinski definition) is 5. The van der Waals surface area contributed by atoms with Crippen molar-refractivity contribution in [3.8, 4) is 11.1 Å². The molecule has 28 heavy (non-hydrogen) atoms. The lowest BCUT2D eigenvalue weighted by Gasteiger charge is -2.13. The molecular formula is C22H20N4O2. The molecule has 0 fully saturated rings. The lowest BCUT2D eigenvalue weighted by molar-refractivity contribution is 0.393. The molecule has 0 aliphatic heterocycles. The summed E-state index contributed by atoms with van der Waals surface area (Å²) >= 11 is 0. The van der Waals surface area contributed by atoms with E-state index >= 15 is 0 Å². The van der Waals surface area contributed by atoms with E-state index in [-0.39, 0.29) is 5.56 Å². The Kier molecular flexibility index (Phi) is 4.76. The lowest BCUT2D eigenvalue weighted by atomic mass is 10.1. The topological polar surface area (TPSA) is 73.0 Å². The van der Waals surface area contributed by atoms with Gasteiger partial charge in [-0.2, -0.15) is 0 Å². The van der Waals surface area contributed by atoms with Crippen molar-refractivity contribution in [3.05, 3.63) is 94.5 Å². The SMILES string of the molecule is Cc1noc(C)c1-c1cc(Nc2ccncc2)c(=O)n(Cc2ccccc2)c1. The van der Waals surface area contributed by atoms with Gasteiger partial charge in [-0.25, -0.2) is 0 Å². The van der Waals surface area contributed by atoms with Crippen molar-refractivity contribution in [3.63, 3.8) is 0 Å². The van der Waals surface area contributed by atoms with Crippen LogP contribution in [0.5, 0.6) is 0 Å². The van der Waals surface area contributed by atoms with Crippen molar-refractivity contribution in [2.24, 2.45) is 0 Å². The number of aromatic nitrogens is 3. The highest BCUT2D eigenvalue weighted by atomic mass is 16.5. The standard InChI is InChI=1S/C22H20N4O2/c1-15-21(16(2)28-25-15)18-12-20(24-19-8-10-23-11-9-19)22(27)26(14-18)13-17-6-4-3-5-7-17/h3-12,14H,13H2,1-2H3,(H,23,24). The second kappa shape index (κ2) is 7.52. The van der Waals surface area contributed by atoms with Crippen LogP contribution >= 0.6 is 0 Å². The van der Waals surface area contributed by atoms with Crippen LogP contribution in [0.2, 0.25) is 0 Å². The van der Waals surface area contributed by atoms with Crippen molar-refractivity contribution in [1.82, 2.24) is 14.7 Å². The van der Waals surface area contributed by atoms with Gasteiger partial charge >= 0.3 is 0 Å². The van der Waals surface area contributed by atoms with Crippen LogP contribution in [0.15, 0.2) is 76.4 Å². The van der Waals surface area contributed by atoms with E-state index in [0.29, 0.717) is 12.2 Å². The molecule has 4 rings (SSSR count). The molecule has 3 heterocycles. The molecule has 0 spiro atoms. The van der Waals surface area contributed by atoms with E-state index in [1.165, 1.54) is 0 Å². The van der Waals surface area contributed by atoms with Gasteiger partial charge in [0, 0.05) is 35.4 Å². The zero-order valence-electron chi connectivity index (χ0n) is 15.7. The first-order valence-electron chi connectivity index (χ1n) is 9.00. The molecule has 0 atom stereocenters. The molecule has 0 saturated carbocycles. The molecule has 0 aliphatic carbocycles. The maximum absolute atomic E-state index is 13.1. The van der Waals surface area contributed by atoms with Crippen molar-refractivity contribution in [2.45, 2.75) is 20.4 Å². The number of rotatable bonds is 5. The number of aryl methyl sites for hydroxylation is 2. The normalized spacial score (nSPS) is 10.8. The zero-order chi connectivity index (χ0) is 19.5. The van der Waals surface area contributed by atoms with E-state index in [9.17, 15) is 4.79 Å². The fourth-order valence-electron chi connectivity index (χ4n) is 3.25. The minimum absolute atomic E-state index is 0.101. The summed E-state index contributed by atoms with van der Waals surface area (Å²) in [7, 11) is 0. The van der Waals surface area contributed by atoms with Crippen molar-refractivity contribution in [1.29, 1.82) is 0 Å². The average molecular weight is 372 g/mol. The smallest absolute Gasteiger partial charge is 0.274 e. The molecule has 0 bridgehead atoms. The van der Waals surface area contributed by atoms with E-state index in [1.807, 2.05) is 68.6 Å². The third-order valence-electron chi connectivity index (χ3n) is 4.56. The largest absolute Gasteiger partial charge is 0.361 e. The molecular weight excluding hydrogens is 352 g/mol. The van der Waals surface area contributed by atoms with Crippen LogP contribution in [-0.2, 0) is 6.54 Å². The molecule has 4 aromatic rings. The molecule has 1 aromatic carbocycles. The van der Waals surface area contributed by atoms with Crippen LogP contribution in [0.25, 0.3) is 11.1 Å². The Balaban J connectivity index is 1.84. The quantitative estimate of drug-likeness (QED) is 0.565. The van der Waals surface area contributed by atoms with Gasteiger partial charge in [-0.1, -0.05) is 35.5 Å². The number of pyridine rings is 2. The number of hydrogen-bond donors (Lipinski definition) is 1. The van der Waals surface area contributed by atoms with Crippen LogP contribution in [0.3, 0.4) is 0 Å². The summed E-state index contributed by atoms with van der Waals surface area (Å²) in [5.41, 5.74) is 4.81. The third-order valence-corrected chi connectivity index (χ3v) is 4.56. The summed E-state index contributed by atoms with van der Waals surface area (Å²) in [6, 6.07) is 15.4. The molecule has 0 radical (unpaired) electrons. The van der Waals surface area contributed by atoms with Gasteiger partial charge in [-0.3, -0.25) is 9.78 Å². The minimum Gasteiger partial charge on any atom is -0.361 e. The van der Waals surface area contributed by atoms with Crippen molar-refractivity contribution < 1.29 is 4.52 Å². The highest BCUT2D eigenvalue weighted by Crippen LogP contribution is 2.28. The highest BCUT2D eigenvalue weighted by Gasteiger charge is 2.16. The summed E-state index contributed by atoms with van der Waals surface area (Å²) < 4.78 is 7.04. The maximum atomic E-state index is 13.1. The first-order chi connectivity index (χ1) is 13.6. The van der Waals surface area contributed by atoms with Crippen LogP contribution in [-0.4, -0.2) is 14.7 Å². The Hall–Kier alpha value is -3.67. The molecule has 1 N–H and O–H groups in total. The molecule has 6 nitrogen and oxygen atoms in total. The Bertz CT molecular complexity index is 1060. The average Bonchev–Trinajstić information content (AvgIpc) is 3.05. The minimum atomic E-state index is -0.101. The van der Waals surface area contributed by atoms with Crippen molar-refractivity contribution in [2.75, 3.05) is 5.32 Å². The van der Waals surface area contributed by atoms with Crippen molar-refractivity contribution >= 4 is 11.4 Å². The van der Waals surface area contributed by atoms with Crippen LogP contribution < -0.4 is 10.9 Å². The second-order valence-corrected chi connectivity index (χ2v) is 6.62. The zero-order valence-corrected chi connectivity index (χ0v) is 15.7. The summed E-state index contributed by atoms with van der Waals surface area (Å²) in [6.45, 7) is 4.24. The Morgan fingerprint density at radius 1 is 1.07 bits per heavy atom. The molecule has 0 saturated heterocycles. The third kappa shape index (κ3) is 3.57. The van der Waals surface area contributed by atoms with E-state index in [2.05, 4.69) is 15.5 Å². The van der Waals surface area contributed by atoms with E-state index in [4.69, 9.17) is 4.52 Å². The predicted octanol–water partition coefficient (Wildman–Crippen LogP) is 4.31. The van der Waals surface area contributed by atoms with Gasteiger partial charge in [-0.15, -0.1) is 0 Å². The van der Waals surface area contributed by atoms with Gasteiger partial charge in [0.2, 0.25) is 0 Å². The number of nitrogens with zero attached hydrogens (tertiary/aromatic N) is 3. The monoisotopic (exact) mass is 372 g/mol. The summed E-state index contributed by atoms with van der Waals surface area (Å²) in [6.07, 6.45) is 5.23. The molecule has 0 unspecified atom stereocenters. The Morgan fingerprint density at radius 3 is 2.50 bits per heavy atom. The lowest BCUT2D eigenvalue weighted by Crippen LogP contribution is -2.23. The van der Waals surface area contributed by atoms with Crippen LogP contribution in [0, 0.1) is 13.8 Å². The van der Waals surface area contributed by atoms with E-state index in [1.54, 1.807) is 17.0 Å². The Labute approximate surface area is 162 Å². The molecule has 6 heteroatoms. The van der Waals surface area contributed by atoms with Gasteiger partial charge in [0.25, 0.3) is 5.56 Å². The van der Waals surface area contributed by atoms with E-state index in [0.717, 1.165) is 33.8 Å². The summed E-state index contributed by atoms with van der Waals surface area (Å²) in [5.74, 6) is 0.720. The number of anilines is 2.